The third kappa shape index (κ3) is 1.12. The molecule has 0 amide bonds. The summed E-state index contributed by atoms with van der Waals surface area (Å²) in [4.78, 5) is 10.1. The first-order chi connectivity index (χ1) is 4.88. The van der Waals surface area contributed by atoms with Gasteiger partial charge in [0.2, 0.25) is 5.69 Å². The molecule has 0 bridgehead atoms. The van der Waals surface area contributed by atoms with Gasteiger partial charge in [-0.05, 0) is 17.2 Å². The van der Waals surface area contributed by atoms with Crippen LogP contribution in [0, 0.1) is 0 Å². The lowest BCUT2D eigenvalue weighted by Gasteiger charge is -1.92. The van der Waals surface area contributed by atoms with Crippen molar-refractivity contribution in [3.63, 3.8) is 0 Å². The van der Waals surface area contributed by atoms with Gasteiger partial charge < -0.3 is 4.74 Å². The van der Waals surface area contributed by atoms with Crippen molar-refractivity contribution in [1.82, 2.24) is 10.3 Å². The fourth-order valence-electron chi connectivity index (χ4n) is 0.496. The highest BCUT2D eigenvalue weighted by molar-refractivity contribution is 5.74. The first-order valence-corrected chi connectivity index (χ1v) is 2.79. The molecule has 10 heavy (non-hydrogen) atoms. The number of ether oxygens (including phenoxy) is 1. The molecule has 0 aromatic carbocycles. The van der Waals surface area contributed by atoms with Gasteiger partial charge in [-0.1, -0.05) is 0 Å². The van der Waals surface area contributed by atoms with E-state index >= 15 is 0 Å². The van der Waals surface area contributed by atoms with Crippen LogP contribution in [0.15, 0.2) is 4.63 Å². The van der Waals surface area contributed by atoms with E-state index in [1.807, 2.05) is 0 Å². The zero-order valence-electron chi connectivity index (χ0n) is 5.40. The van der Waals surface area contributed by atoms with E-state index in [0.717, 1.165) is 0 Å². The molecule has 0 saturated heterocycles. The van der Waals surface area contributed by atoms with E-state index in [2.05, 4.69) is 14.9 Å². The summed E-state index contributed by atoms with van der Waals surface area (Å²) in [5, 5.41) is 6.61. The third-order valence-corrected chi connectivity index (χ3v) is 0.875. The van der Waals surface area contributed by atoms with Crippen molar-refractivity contribution in [3.8, 4) is 5.88 Å². The Morgan fingerprint density at radius 2 is 2.50 bits per heavy atom. The molecule has 5 heteroatoms. The monoisotopic (exact) mass is 142 g/mol. The van der Waals surface area contributed by atoms with Gasteiger partial charge in [0.15, 0.2) is 6.29 Å². The van der Waals surface area contributed by atoms with Crippen molar-refractivity contribution in [2.75, 3.05) is 6.61 Å². The van der Waals surface area contributed by atoms with E-state index < -0.39 is 0 Å². The highest BCUT2D eigenvalue weighted by atomic mass is 16.6. The molecular formula is C5H6N2O3. The zero-order valence-corrected chi connectivity index (χ0v) is 5.40. The summed E-state index contributed by atoms with van der Waals surface area (Å²) in [6.07, 6.45) is 0.529. The normalized spacial score (nSPS) is 9.30. The Labute approximate surface area is 56.9 Å². The predicted octanol–water partition coefficient (Wildman–Crippen LogP) is 0.281. The van der Waals surface area contributed by atoms with Crippen LogP contribution in [0.2, 0.25) is 0 Å². The summed E-state index contributed by atoms with van der Waals surface area (Å²) < 4.78 is 9.10. The average Bonchev–Trinajstić information content (AvgIpc) is 2.36. The molecule has 0 atom stereocenters. The van der Waals surface area contributed by atoms with Crippen molar-refractivity contribution in [3.05, 3.63) is 5.69 Å². The molecule has 1 rings (SSSR count). The first-order valence-electron chi connectivity index (χ1n) is 2.79. The fraction of sp³-hybridized carbons (Fsp3) is 0.400. The summed E-state index contributed by atoms with van der Waals surface area (Å²) in [5.74, 6) is 0.150. The van der Waals surface area contributed by atoms with Crippen molar-refractivity contribution in [2.24, 2.45) is 0 Å². The molecule has 1 aromatic rings. The SMILES string of the molecule is CCOc1nonc1C=O. The smallest absolute Gasteiger partial charge is 0.286 e. The van der Waals surface area contributed by atoms with Crippen LogP contribution >= 0.6 is 0 Å². The van der Waals surface area contributed by atoms with Crippen LogP contribution in [0.4, 0.5) is 0 Å². The lowest BCUT2D eigenvalue weighted by molar-refractivity contribution is 0.111. The quantitative estimate of drug-likeness (QED) is 0.567. The van der Waals surface area contributed by atoms with Crippen LogP contribution in [0.3, 0.4) is 0 Å². The van der Waals surface area contributed by atoms with Gasteiger partial charge in [0, 0.05) is 0 Å². The summed E-state index contributed by atoms with van der Waals surface area (Å²) >= 11 is 0. The van der Waals surface area contributed by atoms with Crippen LogP contribution in [-0.2, 0) is 0 Å². The number of nitrogens with zero attached hydrogens (tertiary/aromatic N) is 2. The number of carbonyl (C=O) groups is 1. The maximum Gasteiger partial charge on any atom is 0.286 e. The Hall–Kier alpha value is -1.39. The van der Waals surface area contributed by atoms with Gasteiger partial charge in [0.25, 0.3) is 5.88 Å². The predicted molar refractivity (Wildman–Crippen MR) is 30.9 cm³/mol. The number of aromatic nitrogens is 2. The molecule has 0 saturated carbocycles. The minimum atomic E-state index is 0.0989. The number of carbonyl (C=O) groups excluding carboxylic acids is 1. The summed E-state index contributed by atoms with van der Waals surface area (Å²) in [7, 11) is 0. The van der Waals surface area contributed by atoms with E-state index in [1.165, 1.54) is 0 Å². The van der Waals surface area contributed by atoms with Gasteiger partial charge in [-0.15, -0.1) is 0 Å². The second-order valence-corrected chi connectivity index (χ2v) is 1.51. The Morgan fingerprint density at radius 1 is 1.70 bits per heavy atom. The van der Waals surface area contributed by atoms with Gasteiger partial charge in [-0.2, -0.15) is 0 Å². The van der Waals surface area contributed by atoms with E-state index in [1.54, 1.807) is 6.92 Å². The molecule has 1 heterocycles. The van der Waals surface area contributed by atoms with E-state index in [0.29, 0.717) is 12.9 Å². The molecule has 1 aromatic heterocycles. The second-order valence-electron chi connectivity index (χ2n) is 1.51. The summed E-state index contributed by atoms with van der Waals surface area (Å²) in [6.45, 7) is 2.22. The topological polar surface area (TPSA) is 65.2 Å². The van der Waals surface area contributed by atoms with E-state index in [-0.39, 0.29) is 11.6 Å². The van der Waals surface area contributed by atoms with Crippen LogP contribution in [-0.4, -0.2) is 23.2 Å². The number of rotatable bonds is 3. The lowest BCUT2D eigenvalue weighted by Crippen LogP contribution is -1.94. The van der Waals surface area contributed by atoms with Gasteiger partial charge in [-0.3, -0.25) is 4.79 Å². The fourth-order valence-corrected chi connectivity index (χ4v) is 0.496. The van der Waals surface area contributed by atoms with Crippen LogP contribution < -0.4 is 4.74 Å². The van der Waals surface area contributed by atoms with Crippen molar-refractivity contribution < 1.29 is 14.2 Å². The Morgan fingerprint density at radius 3 is 3.10 bits per heavy atom. The molecule has 0 aliphatic carbocycles. The molecular weight excluding hydrogens is 136 g/mol. The zero-order chi connectivity index (χ0) is 7.40. The molecule has 0 unspecified atom stereocenters. The number of hydrogen-bond donors (Lipinski definition) is 0. The molecule has 0 N–H and O–H groups in total. The second kappa shape index (κ2) is 2.95. The highest BCUT2D eigenvalue weighted by Crippen LogP contribution is 2.08. The largest absolute Gasteiger partial charge is 0.474 e. The van der Waals surface area contributed by atoms with Gasteiger partial charge in [-0.25, -0.2) is 4.63 Å². The van der Waals surface area contributed by atoms with Crippen molar-refractivity contribution >= 4 is 6.29 Å². The molecule has 0 spiro atoms. The van der Waals surface area contributed by atoms with E-state index in [4.69, 9.17) is 4.74 Å². The van der Waals surface area contributed by atoms with Gasteiger partial charge >= 0.3 is 0 Å². The third-order valence-electron chi connectivity index (χ3n) is 0.875. The molecule has 5 nitrogen and oxygen atoms in total. The average molecular weight is 142 g/mol. The minimum Gasteiger partial charge on any atom is -0.474 e. The van der Waals surface area contributed by atoms with Crippen LogP contribution in [0.5, 0.6) is 5.88 Å². The first kappa shape index (κ1) is 6.73. The maximum atomic E-state index is 10.1. The Bertz CT molecular complexity index is 220. The molecule has 0 fully saturated rings. The molecule has 0 aliphatic rings. The number of hydrogen-bond acceptors (Lipinski definition) is 5. The number of aldehydes is 1. The van der Waals surface area contributed by atoms with Gasteiger partial charge in [0.05, 0.1) is 6.61 Å². The Balaban J connectivity index is 2.79. The van der Waals surface area contributed by atoms with E-state index in [9.17, 15) is 4.79 Å². The highest BCUT2D eigenvalue weighted by Gasteiger charge is 2.07. The van der Waals surface area contributed by atoms with Crippen LogP contribution in [0.25, 0.3) is 0 Å². The maximum absolute atomic E-state index is 10.1. The molecule has 0 aliphatic heterocycles. The summed E-state index contributed by atoms with van der Waals surface area (Å²) in [6, 6.07) is 0. The van der Waals surface area contributed by atoms with Crippen molar-refractivity contribution in [1.29, 1.82) is 0 Å². The lowest BCUT2D eigenvalue weighted by atomic mass is 10.5. The minimum absolute atomic E-state index is 0.0989. The Kier molecular flexibility index (Phi) is 1.99. The summed E-state index contributed by atoms with van der Waals surface area (Å²) in [5.41, 5.74) is 0.0989. The molecule has 0 radical (unpaired) electrons. The van der Waals surface area contributed by atoms with Crippen LogP contribution in [0.1, 0.15) is 17.4 Å². The molecule has 54 valence electrons. The van der Waals surface area contributed by atoms with Crippen molar-refractivity contribution in [2.45, 2.75) is 6.92 Å². The van der Waals surface area contributed by atoms with Gasteiger partial charge in [0.1, 0.15) is 0 Å². The standard InChI is InChI=1S/C5H6N2O3/c1-2-9-5-4(3-8)6-10-7-5/h3H,2H2,1H3.